The van der Waals surface area contributed by atoms with Crippen LogP contribution in [0.15, 0.2) is 60.7 Å². The van der Waals surface area contributed by atoms with Gasteiger partial charge in [0.2, 0.25) is 0 Å². The van der Waals surface area contributed by atoms with Crippen molar-refractivity contribution in [3.05, 3.63) is 99.6 Å². The predicted octanol–water partition coefficient (Wildman–Crippen LogP) is 0.742. The molecule has 0 aromatic heterocycles. The van der Waals surface area contributed by atoms with Crippen LogP contribution in [0.25, 0.3) is 0 Å². The van der Waals surface area contributed by atoms with Gasteiger partial charge in [0, 0.05) is 35.3 Å². The molecule has 0 amide bonds. The van der Waals surface area contributed by atoms with Crippen LogP contribution in [0.1, 0.15) is 41.0 Å². The number of aliphatic hydroxyl groups is 2. The Balaban J connectivity index is 0.00000432. The average Bonchev–Trinajstić information content (AvgIpc) is 2.75. The molecular formula is C26H24ClF2NaO5. The zero-order chi connectivity index (χ0) is 24.8. The minimum atomic E-state index is -1.42. The summed E-state index contributed by atoms with van der Waals surface area (Å²) in [6.07, 6.45) is -3.23. The Hall–Kier alpha value is -2.00. The van der Waals surface area contributed by atoms with E-state index in [9.17, 15) is 28.9 Å². The number of aliphatic carboxylic acids is 1. The van der Waals surface area contributed by atoms with E-state index in [4.69, 9.17) is 16.3 Å². The summed E-state index contributed by atoms with van der Waals surface area (Å²) >= 11 is 6.35. The molecule has 2 atom stereocenters. The summed E-state index contributed by atoms with van der Waals surface area (Å²) in [5.74, 6) is -2.30. The number of carboxylic acid groups (broad SMARTS) is 1. The van der Waals surface area contributed by atoms with Gasteiger partial charge in [-0.1, -0.05) is 35.9 Å². The smallest absolute Gasteiger partial charge is 0.550 e. The van der Waals surface area contributed by atoms with Crippen molar-refractivity contribution in [2.45, 2.75) is 37.9 Å². The molecule has 180 valence electrons. The van der Waals surface area contributed by atoms with E-state index in [-0.39, 0.29) is 42.6 Å². The number of aryl methyl sites for hydroxylation is 1. The molecule has 2 N–H and O–H groups in total. The largest absolute Gasteiger partial charge is 1.00 e. The summed E-state index contributed by atoms with van der Waals surface area (Å²) in [5.41, 5.74) is 2.71. The third-order valence-electron chi connectivity index (χ3n) is 5.35. The maximum absolute atomic E-state index is 13.6. The first-order valence-electron chi connectivity index (χ1n) is 10.6. The van der Waals surface area contributed by atoms with Gasteiger partial charge in [-0.3, -0.25) is 0 Å². The Bertz CT molecular complexity index is 1080. The molecule has 1 unspecified atom stereocenters. The summed E-state index contributed by atoms with van der Waals surface area (Å²) in [5, 5.41) is 31.1. The molecule has 0 radical (unpaired) electrons. The maximum atomic E-state index is 13.6. The summed E-state index contributed by atoms with van der Waals surface area (Å²) in [7, 11) is 0. The first kappa shape index (κ1) is 29.2. The van der Waals surface area contributed by atoms with Gasteiger partial charge in [0.15, 0.2) is 0 Å². The van der Waals surface area contributed by atoms with Crippen LogP contribution in [0.3, 0.4) is 0 Å². The summed E-state index contributed by atoms with van der Waals surface area (Å²) in [6, 6.07) is 15.2. The summed E-state index contributed by atoms with van der Waals surface area (Å²) < 4.78 is 33.2. The van der Waals surface area contributed by atoms with Gasteiger partial charge in [-0.05, 0) is 60.0 Å². The molecule has 3 aromatic rings. The van der Waals surface area contributed by atoms with Gasteiger partial charge in [-0.25, -0.2) is 8.78 Å². The number of carbonyl (C=O) groups excluding carboxylic acids is 1. The van der Waals surface area contributed by atoms with Crippen LogP contribution in [-0.4, -0.2) is 35.0 Å². The first-order valence-corrected chi connectivity index (χ1v) is 11.0. The van der Waals surface area contributed by atoms with Crippen LogP contribution < -0.4 is 39.4 Å². The van der Waals surface area contributed by atoms with Crippen LogP contribution in [-0.2, 0) is 4.79 Å². The Labute approximate surface area is 229 Å². The van der Waals surface area contributed by atoms with Crippen molar-refractivity contribution in [2.75, 3.05) is 6.61 Å². The summed E-state index contributed by atoms with van der Waals surface area (Å²) in [6.45, 7) is 1.55. The Kier molecular flexibility index (Phi) is 11.1. The topological polar surface area (TPSA) is 89.8 Å². The van der Waals surface area contributed by atoms with E-state index in [1.54, 1.807) is 43.3 Å². The molecule has 0 spiro atoms. The van der Waals surface area contributed by atoms with Gasteiger partial charge in [0.1, 0.15) is 24.0 Å². The molecule has 9 heteroatoms. The zero-order valence-corrected chi connectivity index (χ0v) is 22.1. The molecule has 0 saturated carbocycles. The summed E-state index contributed by atoms with van der Waals surface area (Å²) in [4.78, 5) is 10.6. The normalized spacial score (nSPS) is 12.7. The molecule has 0 aliphatic rings. The second kappa shape index (κ2) is 13.3. The second-order valence-electron chi connectivity index (χ2n) is 8.11. The number of aliphatic hydroxyl groups excluding tert-OH is 2. The molecule has 0 bridgehead atoms. The van der Waals surface area contributed by atoms with E-state index in [2.05, 4.69) is 0 Å². The van der Waals surface area contributed by atoms with Crippen molar-refractivity contribution in [1.29, 1.82) is 0 Å². The predicted molar refractivity (Wildman–Crippen MR) is 122 cm³/mol. The van der Waals surface area contributed by atoms with Gasteiger partial charge < -0.3 is 24.9 Å². The minimum absolute atomic E-state index is 0. The van der Waals surface area contributed by atoms with E-state index in [0.717, 1.165) is 0 Å². The van der Waals surface area contributed by atoms with Crippen LogP contribution in [0.5, 0.6) is 5.75 Å². The number of benzene rings is 3. The van der Waals surface area contributed by atoms with Crippen LogP contribution in [0, 0.1) is 18.6 Å². The van der Waals surface area contributed by atoms with Gasteiger partial charge >= 0.3 is 29.6 Å². The fourth-order valence-electron chi connectivity index (χ4n) is 3.87. The first-order chi connectivity index (χ1) is 16.1. The van der Waals surface area contributed by atoms with Gasteiger partial charge in [-0.2, -0.15) is 0 Å². The SMILES string of the molecule is Cc1cc(Cl)cc(C(c2ccc(F)cc2)c2ccc(F)cc2)c1OCC(O)C[C@@H](O)CC(=O)[O-].[Na+]. The van der Waals surface area contributed by atoms with Crippen molar-refractivity contribution in [1.82, 2.24) is 0 Å². The van der Waals surface area contributed by atoms with Crippen LogP contribution >= 0.6 is 11.6 Å². The third-order valence-corrected chi connectivity index (χ3v) is 5.57. The molecule has 0 heterocycles. The number of halogens is 3. The Morgan fingerprint density at radius 3 is 1.97 bits per heavy atom. The van der Waals surface area contributed by atoms with E-state index in [1.165, 1.54) is 24.3 Å². The molecule has 35 heavy (non-hydrogen) atoms. The molecular weight excluding hydrogens is 489 g/mol. The third kappa shape index (κ3) is 8.27. The quantitative estimate of drug-likeness (QED) is 0.309. The van der Waals surface area contributed by atoms with Crippen molar-refractivity contribution in [3.63, 3.8) is 0 Å². The monoisotopic (exact) mass is 512 g/mol. The number of carboxylic acids is 1. The molecule has 0 aliphatic heterocycles. The van der Waals surface area contributed by atoms with Gasteiger partial charge in [-0.15, -0.1) is 0 Å². The van der Waals surface area contributed by atoms with E-state index < -0.39 is 42.2 Å². The Morgan fingerprint density at radius 2 is 1.49 bits per heavy atom. The Morgan fingerprint density at radius 1 is 0.971 bits per heavy atom. The number of rotatable bonds is 10. The molecule has 3 aromatic carbocycles. The van der Waals surface area contributed by atoms with Gasteiger partial charge in [0.05, 0.1) is 12.2 Å². The van der Waals surface area contributed by atoms with E-state index >= 15 is 0 Å². The number of carbonyl (C=O) groups is 1. The van der Waals surface area contributed by atoms with Crippen molar-refractivity contribution >= 4 is 17.6 Å². The number of hydrogen-bond donors (Lipinski definition) is 2. The fourth-order valence-corrected chi connectivity index (χ4v) is 4.15. The second-order valence-corrected chi connectivity index (χ2v) is 8.54. The zero-order valence-electron chi connectivity index (χ0n) is 19.4. The standard InChI is InChI=1S/C26H25ClF2O5.Na/c1-15-10-18(27)11-23(26(15)34-14-22(31)12-21(30)13-24(32)33)25(16-2-6-19(28)7-3-16)17-4-8-20(29)9-5-17;/h2-11,21-22,25,30-31H,12-14H2,1H3,(H,32,33);/q;+1/p-1/t21-,22?;/m1./s1. The maximum Gasteiger partial charge on any atom is 1.00 e. The molecule has 3 rings (SSSR count). The van der Waals surface area contributed by atoms with Gasteiger partial charge in [0.25, 0.3) is 0 Å². The van der Waals surface area contributed by atoms with Crippen LogP contribution in [0.2, 0.25) is 5.02 Å². The van der Waals surface area contributed by atoms with Crippen LogP contribution in [0.4, 0.5) is 8.78 Å². The molecule has 0 saturated heterocycles. The molecule has 0 aliphatic carbocycles. The van der Waals surface area contributed by atoms with Crippen molar-refractivity contribution < 1.29 is 63.2 Å². The molecule has 0 fully saturated rings. The van der Waals surface area contributed by atoms with E-state index in [0.29, 0.717) is 33.0 Å². The number of hydrogen-bond acceptors (Lipinski definition) is 5. The number of ether oxygens (including phenoxy) is 1. The van der Waals surface area contributed by atoms with Crippen molar-refractivity contribution in [3.8, 4) is 5.75 Å². The fraction of sp³-hybridized carbons (Fsp3) is 0.269. The average molecular weight is 513 g/mol. The van der Waals surface area contributed by atoms with E-state index in [1.807, 2.05) is 0 Å². The molecule has 5 nitrogen and oxygen atoms in total. The minimum Gasteiger partial charge on any atom is -0.550 e. The van der Waals surface area contributed by atoms with Crippen molar-refractivity contribution in [2.24, 2.45) is 0 Å².